The summed E-state index contributed by atoms with van der Waals surface area (Å²) in [5.74, 6) is 0.277. The van der Waals surface area contributed by atoms with Crippen molar-refractivity contribution >= 4 is 5.91 Å². The SMILES string of the molecule is CC(CC(=O)N1CCOCC1)N1CCNCC1. The van der Waals surface area contributed by atoms with Crippen LogP contribution in [0.25, 0.3) is 0 Å². The Balaban J connectivity index is 1.76. The maximum atomic E-state index is 12.1. The minimum absolute atomic E-state index is 0.277. The molecule has 5 heteroatoms. The molecule has 0 aromatic carbocycles. The minimum Gasteiger partial charge on any atom is -0.378 e. The summed E-state index contributed by atoms with van der Waals surface area (Å²) in [5.41, 5.74) is 0. The topological polar surface area (TPSA) is 44.8 Å². The molecule has 2 fully saturated rings. The van der Waals surface area contributed by atoms with Crippen molar-refractivity contribution in [1.29, 1.82) is 0 Å². The van der Waals surface area contributed by atoms with Crippen LogP contribution in [-0.4, -0.2) is 74.2 Å². The zero-order valence-electron chi connectivity index (χ0n) is 10.7. The van der Waals surface area contributed by atoms with Gasteiger partial charge in [-0.05, 0) is 6.92 Å². The number of nitrogens with one attached hydrogen (secondary N) is 1. The average Bonchev–Trinajstić information content (AvgIpc) is 2.40. The Bertz CT molecular complexity index is 248. The highest BCUT2D eigenvalue weighted by molar-refractivity contribution is 5.76. The molecule has 0 aliphatic carbocycles. The molecule has 0 spiro atoms. The smallest absolute Gasteiger partial charge is 0.224 e. The molecule has 2 rings (SSSR count). The standard InChI is InChI=1S/C12H23N3O2/c1-11(14-4-2-13-3-5-14)10-12(16)15-6-8-17-9-7-15/h11,13H,2-10H2,1H3. The van der Waals surface area contributed by atoms with Crippen LogP contribution in [0.5, 0.6) is 0 Å². The first kappa shape index (κ1) is 12.8. The predicted molar refractivity (Wildman–Crippen MR) is 65.9 cm³/mol. The number of amides is 1. The largest absolute Gasteiger partial charge is 0.378 e. The molecule has 5 nitrogen and oxygen atoms in total. The zero-order valence-corrected chi connectivity index (χ0v) is 10.7. The summed E-state index contributed by atoms with van der Waals surface area (Å²) in [4.78, 5) is 16.4. The van der Waals surface area contributed by atoms with E-state index in [1.54, 1.807) is 0 Å². The lowest BCUT2D eigenvalue weighted by Crippen LogP contribution is -2.49. The van der Waals surface area contributed by atoms with Crippen LogP contribution in [0, 0.1) is 0 Å². The summed E-state index contributed by atoms with van der Waals surface area (Å²) < 4.78 is 5.26. The summed E-state index contributed by atoms with van der Waals surface area (Å²) in [5, 5.41) is 3.33. The fourth-order valence-electron chi connectivity index (χ4n) is 2.45. The van der Waals surface area contributed by atoms with Crippen molar-refractivity contribution in [2.24, 2.45) is 0 Å². The second-order valence-corrected chi connectivity index (χ2v) is 4.83. The lowest BCUT2D eigenvalue weighted by Gasteiger charge is -2.34. The maximum Gasteiger partial charge on any atom is 0.224 e. The van der Waals surface area contributed by atoms with Crippen molar-refractivity contribution < 1.29 is 9.53 Å². The zero-order chi connectivity index (χ0) is 12.1. The Morgan fingerprint density at radius 1 is 1.24 bits per heavy atom. The third-order valence-electron chi connectivity index (χ3n) is 3.61. The molecule has 17 heavy (non-hydrogen) atoms. The van der Waals surface area contributed by atoms with Crippen molar-refractivity contribution in [2.45, 2.75) is 19.4 Å². The number of carbonyl (C=O) groups excluding carboxylic acids is 1. The van der Waals surface area contributed by atoms with Crippen molar-refractivity contribution in [3.8, 4) is 0 Å². The van der Waals surface area contributed by atoms with Crippen molar-refractivity contribution in [3.05, 3.63) is 0 Å². The number of hydrogen-bond donors (Lipinski definition) is 1. The number of nitrogens with zero attached hydrogens (tertiary/aromatic N) is 2. The molecule has 1 N–H and O–H groups in total. The molecule has 0 saturated carbocycles. The summed E-state index contributed by atoms with van der Waals surface area (Å²) in [6.45, 7) is 9.23. The van der Waals surface area contributed by atoms with Gasteiger partial charge in [-0.3, -0.25) is 9.69 Å². The van der Waals surface area contributed by atoms with E-state index in [0.29, 0.717) is 25.7 Å². The fourth-order valence-corrected chi connectivity index (χ4v) is 2.45. The second kappa shape index (κ2) is 6.33. The molecule has 1 atom stereocenters. The van der Waals surface area contributed by atoms with Gasteiger partial charge in [-0.2, -0.15) is 0 Å². The van der Waals surface area contributed by atoms with Gasteiger partial charge in [-0.1, -0.05) is 0 Å². The van der Waals surface area contributed by atoms with Gasteiger partial charge in [0.25, 0.3) is 0 Å². The highest BCUT2D eigenvalue weighted by Crippen LogP contribution is 2.09. The van der Waals surface area contributed by atoms with E-state index >= 15 is 0 Å². The van der Waals surface area contributed by atoms with Crippen LogP contribution in [0.15, 0.2) is 0 Å². The monoisotopic (exact) mass is 241 g/mol. The second-order valence-electron chi connectivity index (χ2n) is 4.83. The molecule has 1 amide bonds. The quantitative estimate of drug-likeness (QED) is 0.725. The van der Waals surface area contributed by atoms with Gasteiger partial charge in [0.2, 0.25) is 5.91 Å². The molecular weight excluding hydrogens is 218 g/mol. The van der Waals surface area contributed by atoms with Gasteiger partial charge in [-0.25, -0.2) is 0 Å². The average molecular weight is 241 g/mol. The number of ether oxygens (including phenoxy) is 1. The van der Waals surface area contributed by atoms with Gasteiger partial charge in [0.1, 0.15) is 0 Å². The molecule has 0 bridgehead atoms. The number of hydrogen-bond acceptors (Lipinski definition) is 4. The van der Waals surface area contributed by atoms with E-state index in [0.717, 1.165) is 39.3 Å². The van der Waals surface area contributed by atoms with Gasteiger partial charge in [0, 0.05) is 51.7 Å². The van der Waals surface area contributed by atoms with Crippen LogP contribution < -0.4 is 5.32 Å². The van der Waals surface area contributed by atoms with Gasteiger partial charge in [0.15, 0.2) is 0 Å². The minimum atomic E-state index is 0.277. The Hall–Kier alpha value is -0.650. The van der Waals surface area contributed by atoms with E-state index in [1.807, 2.05) is 4.90 Å². The summed E-state index contributed by atoms with van der Waals surface area (Å²) in [7, 11) is 0. The summed E-state index contributed by atoms with van der Waals surface area (Å²) in [6, 6.07) is 0.354. The first-order chi connectivity index (χ1) is 8.27. The molecule has 2 aliphatic rings. The van der Waals surface area contributed by atoms with E-state index in [2.05, 4.69) is 17.1 Å². The Kier molecular flexibility index (Phi) is 4.76. The Morgan fingerprint density at radius 2 is 1.88 bits per heavy atom. The molecule has 0 aromatic heterocycles. The van der Waals surface area contributed by atoms with E-state index in [-0.39, 0.29) is 5.91 Å². The molecule has 2 heterocycles. The van der Waals surface area contributed by atoms with Crippen LogP contribution in [0.4, 0.5) is 0 Å². The van der Waals surface area contributed by atoms with Crippen LogP contribution in [0.1, 0.15) is 13.3 Å². The van der Waals surface area contributed by atoms with Gasteiger partial charge in [0.05, 0.1) is 13.2 Å². The highest BCUT2D eigenvalue weighted by Gasteiger charge is 2.23. The highest BCUT2D eigenvalue weighted by atomic mass is 16.5. The number of morpholine rings is 1. The Morgan fingerprint density at radius 3 is 2.53 bits per heavy atom. The molecule has 0 radical (unpaired) electrons. The van der Waals surface area contributed by atoms with Crippen LogP contribution >= 0.6 is 0 Å². The first-order valence-corrected chi connectivity index (χ1v) is 6.57. The third kappa shape index (κ3) is 3.66. The number of piperazine rings is 1. The van der Waals surface area contributed by atoms with Crippen molar-refractivity contribution in [2.75, 3.05) is 52.5 Å². The summed E-state index contributed by atoms with van der Waals surface area (Å²) >= 11 is 0. The molecule has 2 aliphatic heterocycles. The van der Waals surface area contributed by atoms with E-state index in [4.69, 9.17) is 4.74 Å². The number of rotatable bonds is 3. The van der Waals surface area contributed by atoms with Gasteiger partial charge in [-0.15, -0.1) is 0 Å². The summed E-state index contributed by atoms with van der Waals surface area (Å²) in [6.07, 6.45) is 0.639. The van der Waals surface area contributed by atoms with Crippen LogP contribution in [0.3, 0.4) is 0 Å². The normalized spacial score (nSPS) is 24.6. The first-order valence-electron chi connectivity index (χ1n) is 6.57. The van der Waals surface area contributed by atoms with E-state index in [1.165, 1.54) is 0 Å². The van der Waals surface area contributed by atoms with Crippen molar-refractivity contribution in [3.63, 3.8) is 0 Å². The van der Waals surface area contributed by atoms with E-state index < -0.39 is 0 Å². The van der Waals surface area contributed by atoms with Gasteiger partial charge >= 0.3 is 0 Å². The Labute approximate surface area is 103 Å². The van der Waals surface area contributed by atoms with Crippen LogP contribution in [0.2, 0.25) is 0 Å². The molecule has 98 valence electrons. The molecule has 1 unspecified atom stereocenters. The molecular formula is C12H23N3O2. The number of carbonyl (C=O) groups is 1. The van der Waals surface area contributed by atoms with Crippen molar-refractivity contribution in [1.82, 2.24) is 15.1 Å². The lowest BCUT2D eigenvalue weighted by atomic mass is 10.1. The third-order valence-corrected chi connectivity index (χ3v) is 3.61. The lowest BCUT2D eigenvalue weighted by molar-refractivity contribution is -0.136. The molecule has 2 saturated heterocycles. The predicted octanol–water partition coefficient (Wildman–Crippen LogP) is -0.471. The van der Waals surface area contributed by atoms with Crippen LogP contribution in [-0.2, 0) is 9.53 Å². The molecule has 0 aromatic rings. The van der Waals surface area contributed by atoms with Gasteiger partial charge < -0.3 is 15.0 Å². The fraction of sp³-hybridized carbons (Fsp3) is 0.917. The maximum absolute atomic E-state index is 12.1. The van der Waals surface area contributed by atoms with E-state index in [9.17, 15) is 4.79 Å².